The summed E-state index contributed by atoms with van der Waals surface area (Å²) in [6.45, 7) is 13.9. The number of rotatable bonds is 7. The van der Waals surface area contributed by atoms with E-state index in [2.05, 4.69) is 29.8 Å². The smallest absolute Gasteiger partial charge is 0.465 e. The number of nitrogens with zero attached hydrogens (tertiary/aromatic N) is 2. The topological polar surface area (TPSA) is 102 Å². The van der Waals surface area contributed by atoms with Crippen molar-refractivity contribution in [3.05, 3.63) is 144 Å². The maximum atomic E-state index is 12.7. The molecule has 9 rings (SSSR count). The number of carbonyl (C=O) groups is 3. The molecule has 4 saturated heterocycles. The number of esters is 2. The van der Waals surface area contributed by atoms with Gasteiger partial charge >= 0.3 is 58.9 Å². The van der Waals surface area contributed by atoms with Crippen molar-refractivity contribution in [1.29, 1.82) is 0 Å². The molecule has 8 nitrogen and oxygen atoms in total. The quantitative estimate of drug-likeness (QED) is 0.112. The summed E-state index contributed by atoms with van der Waals surface area (Å²) >= 11 is 1.85. The van der Waals surface area contributed by atoms with E-state index in [1.54, 1.807) is 36.4 Å². The molecule has 0 spiro atoms. The second-order valence-electron chi connectivity index (χ2n) is 15.0. The van der Waals surface area contributed by atoms with Gasteiger partial charge in [-0.25, -0.2) is 13.6 Å². The molecule has 62 heavy (non-hydrogen) atoms. The number of amides is 1. The number of piperidine rings is 3. The number of carbonyl (C=O) groups excluding carboxylic acids is 3. The summed E-state index contributed by atoms with van der Waals surface area (Å²) in [5.41, 5.74) is 8.21. The second-order valence-corrected chi connectivity index (χ2v) is 17.9. The zero-order valence-electron chi connectivity index (χ0n) is 36.5. The van der Waals surface area contributed by atoms with E-state index in [9.17, 15) is 23.2 Å². The number of halogens is 2. The number of hydrogen-bond acceptors (Lipinski definition) is 8. The van der Waals surface area contributed by atoms with E-state index in [4.69, 9.17) is 15.2 Å². The third kappa shape index (κ3) is 20.9. The third-order valence-corrected chi connectivity index (χ3v) is 13.4. The maximum absolute atomic E-state index is 12.7. The number of thioether (sulfide) groups is 1. The van der Waals surface area contributed by atoms with Gasteiger partial charge in [-0.15, -0.1) is 0 Å². The number of aryl methyl sites for hydroxylation is 1. The minimum Gasteiger partial charge on any atom is -0.465 e. The SMILES string of the molecule is CC.CN1CCSC(CC(N)=O)C1.COC(=O)c1ccc2c(c1)PC(C(=O)OCC13CCN(CC1)CC3)CC2.Fc1ccccc1.Fc1ccccc1.[CH2-]Cc1[c-]cccc1.[Yb+2]. The Morgan fingerprint density at radius 1 is 0.903 bits per heavy atom. The number of nitrogens with two attached hydrogens (primary N) is 1. The van der Waals surface area contributed by atoms with Gasteiger partial charge in [0, 0.05) is 35.9 Å². The normalized spacial score (nSPS) is 20.9. The molecule has 13 heteroatoms. The summed E-state index contributed by atoms with van der Waals surface area (Å²) in [4.78, 5) is 39.7. The fraction of sp³-hybridized carbons (Fsp3) is 0.429. The molecule has 2 bridgehead atoms. The van der Waals surface area contributed by atoms with Crippen molar-refractivity contribution in [2.45, 2.75) is 69.7 Å². The average molecular weight is 1050 g/mol. The molecule has 0 aromatic heterocycles. The molecule has 4 aromatic rings. The zero-order valence-corrected chi connectivity index (χ0v) is 40.1. The summed E-state index contributed by atoms with van der Waals surface area (Å²) in [5, 5.41) is 1.52. The second kappa shape index (κ2) is 31.3. The van der Waals surface area contributed by atoms with Gasteiger partial charge in [0.2, 0.25) is 5.91 Å². The number of hydrogen-bond donors (Lipinski definition) is 1. The van der Waals surface area contributed by atoms with Crippen molar-refractivity contribution in [2.24, 2.45) is 11.1 Å². The van der Waals surface area contributed by atoms with Crippen LogP contribution in [0.3, 0.4) is 0 Å². The van der Waals surface area contributed by atoms with Gasteiger partial charge in [-0.3, -0.25) is 9.59 Å². The van der Waals surface area contributed by atoms with Crippen LogP contribution in [0.15, 0.2) is 103 Å². The van der Waals surface area contributed by atoms with E-state index in [1.807, 2.05) is 68.1 Å². The van der Waals surface area contributed by atoms with Gasteiger partial charge in [0.15, 0.2) is 0 Å². The molecule has 0 radical (unpaired) electrons. The first kappa shape index (κ1) is 55.5. The van der Waals surface area contributed by atoms with Crippen LogP contribution in [0.4, 0.5) is 8.78 Å². The number of methoxy groups -OCH3 is 1. The average Bonchev–Trinajstić information content (AvgIpc) is 3.30. The predicted molar refractivity (Wildman–Crippen MR) is 248 cm³/mol. The van der Waals surface area contributed by atoms with Gasteiger partial charge in [0.25, 0.3) is 0 Å². The van der Waals surface area contributed by atoms with Gasteiger partial charge in [0.05, 0.1) is 24.9 Å². The van der Waals surface area contributed by atoms with E-state index >= 15 is 0 Å². The van der Waals surface area contributed by atoms with E-state index in [1.165, 1.54) is 42.5 Å². The molecule has 0 aliphatic carbocycles. The molecule has 1 amide bonds. The fourth-order valence-electron chi connectivity index (χ4n) is 6.98. The summed E-state index contributed by atoms with van der Waals surface area (Å²) in [5.74, 6) is 0.196. The molecule has 5 heterocycles. The van der Waals surface area contributed by atoms with Crippen LogP contribution in [-0.4, -0.2) is 97.8 Å². The Balaban J connectivity index is 0.000000303. The summed E-state index contributed by atoms with van der Waals surface area (Å²) in [7, 11) is 3.83. The summed E-state index contributed by atoms with van der Waals surface area (Å²) in [6.07, 6.45) is 6.51. The van der Waals surface area contributed by atoms with Crippen LogP contribution in [-0.2, 0) is 31.9 Å². The van der Waals surface area contributed by atoms with Crippen molar-refractivity contribution >= 4 is 43.5 Å². The molecule has 5 aliphatic heterocycles. The van der Waals surface area contributed by atoms with Crippen molar-refractivity contribution in [2.75, 3.05) is 59.2 Å². The Bertz CT molecular complexity index is 1810. The fourth-order valence-corrected chi connectivity index (χ4v) is 9.87. The summed E-state index contributed by atoms with van der Waals surface area (Å²) in [6, 6.07) is 32.5. The van der Waals surface area contributed by atoms with Crippen molar-refractivity contribution in [1.82, 2.24) is 9.80 Å². The largest absolute Gasteiger partial charge is 2.00 e. The van der Waals surface area contributed by atoms with Crippen molar-refractivity contribution < 1.29 is 79.6 Å². The van der Waals surface area contributed by atoms with Gasteiger partial charge in [-0.05, 0) is 106 Å². The van der Waals surface area contributed by atoms with E-state index < -0.39 is 0 Å². The Morgan fingerprint density at radius 3 is 1.97 bits per heavy atom. The van der Waals surface area contributed by atoms with Crippen LogP contribution >= 0.6 is 20.3 Å². The molecule has 3 atom stereocenters. The van der Waals surface area contributed by atoms with Crippen LogP contribution < -0.4 is 11.0 Å². The van der Waals surface area contributed by atoms with Crippen LogP contribution in [0.2, 0.25) is 0 Å². The number of ether oxygens (including phenoxy) is 2. The monoisotopic (exact) mass is 1050 g/mol. The standard InChI is InChI=1S/C20H26NO4P.C8H8.C7H14N2OS.2C6H5F.C2H6.Yb/c1-24-18(22)15-3-2-14-4-5-16(26-17(14)12-15)19(23)25-13-20-6-9-21(10-7-20)11-8-20;1-2-8-6-4-3-5-7-8;1-9-2-3-11-6(5-9)4-7(8)10;2*7-6-4-2-1-3-5-6;1-2;/h2-3,12,16,26H,4-11,13H2,1H3;3-6H,1-2H2;6H,2-5H2,1H3,(H2,8,10);2*1-5H;1-2H3;/q;-2;;;;;+2. The van der Waals surface area contributed by atoms with Crippen LogP contribution in [0.25, 0.3) is 0 Å². The Kier molecular flexibility index (Phi) is 28.0. The number of primary amides is 1. The Labute approximate surface area is 413 Å². The molecular weight excluding hydrogens is 985 g/mol. The van der Waals surface area contributed by atoms with Crippen molar-refractivity contribution in [3.63, 3.8) is 0 Å². The molecule has 4 aromatic carbocycles. The first-order valence-electron chi connectivity index (χ1n) is 21.1. The molecular formula is C49H64F2N3O5PSYb. The molecule has 2 N–H and O–H groups in total. The van der Waals surface area contributed by atoms with Gasteiger partial charge in [-0.1, -0.05) is 64.9 Å². The number of benzene rings is 4. The van der Waals surface area contributed by atoms with Crippen molar-refractivity contribution in [3.8, 4) is 0 Å². The van der Waals surface area contributed by atoms with E-state index in [0.717, 1.165) is 82.3 Å². The first-order valence-corrected chi connectivity index (χ1v) is 23.2. The van der Waals surface area contributed by atoms with Gasteiger partial charge in [0.1, 0.15) is 11.6 Å². The molecule has 5 aliphatic rings. The van der Waals surface area contributed by atoms with Crippen LogP contribution in [0, 0.1) is 77.0 Å². The molecule has 4 fully saturated rings. The van der Waals surface area contributed by atoms with Gasteiger partial charge in [-0.2, -0.15) is 54.1 Å². The Hall–Kier alpha value is -2.63. The summed E-state index contributed by atoms with van der Waals surface area (Å²) < 4.78 is 34.4. The maximum Gasteiger partial charge on any atom is 2.00 e. The van der Waals surface area contributed by atoms with Gasteiger partial charge < -0.3 is 31.9 Å². The van der Waals surface area contributed by atoms with E-state index in [0.29, 0.717) is 32.4 Å². The molecule has 3 unspecified atom stereocenters. The minimum atomic E-state index is -0.329. The third-order valence-electron chi connectivity index (χ3n) is 10.5. The molecule has 0 saturated carbocycles. The first-order chi connectivity index (χ1) is 29.5. The number of fused-ring (bicyclic) bond motifs is 4. The van der Waals surface area contributed by atoms with Crippen LogP contribution in [0.1, 0.15) is 67.4 Å². The minimum absolute atomic E-state index is 0. The molecule has 344 valence electrons. The predicted octanol–water partition coefficient (Wildman–Crippen LogP) is 8.57. The zero-order chi connectivity index (χ0) is 44.5. The van der Waals surface area contributed by atoms with Crippen LogP contribution in [0.5, 0.6) is 0 Å². The van der Waals surface area contributed by atoms with E-state index in [-0.39, 0.29) is 87.5 Å². The Morgan fingerprint density at radius 2 is 1.50 bits per heavy atom.